The summed E-state index contributed by atoms with van der Waals surface area (Å²) in [4.78, 5) is 16.2. The molecule has 8 heteroatoms. The zero-order valence-corrected chi connectivity index (χ0v) is 14.3. The van der Waals surface area contributed by atoms with Gasteiger partial charge in [0.2, 0.25) is 5.91 Å². The van der Waals surface area contributed by atoms with Crippen LogP contribution >= 0.6 is 12.2 Å². The number of hydrogen-bond donors (Lipinski definition) is 1. The third-order valence-corrected chi connectivity index (χ3v) is 3.52. The monoisotopic (exact) mass is 356 g/mol. The second kappa shape index (κ2) is 7.71. The molecule has 25 heavy (non-hydrogen) atoms. The van der Waals surface area contributed by atoms with E-state index in [1.54, 1.807) is 24.4 Å². The average molecular weight is 356 g/mol. The molecule has 2 aromatic heterocycles. The number of nitrogens with one attached hydrogen (secondary N) is 1. The molecule has 128 valence electrons. The molecule has 0 unspecified atom stereocenters. The summed E-state index contributed by atoms with van der Waals surface area (Å²) in [5.74, 6) is 1.18. The number of aromatic nitrogens is 3. The van der Waals surface area contributed by atoms with Crippen molar-refractivity contribution >= 4 is 23.9 Å². The first kappa shape index (κ1) is 16.8. The van der Waals surface area contributed by atoms with Crippen LogP contribution in [0, 0.1) is 11.8 Å². The highest BCUT2D eigenvalue weighted by atomic mass is 32.1. The highest BCUT2D eigenvalue weighted by Gasteiger charge is 2.11. The predicted molar refractivity (Wildman–Crippen MR) is 93.7 cm³/mol. The van der Waals surface area contributed by atoms with Crippen molar-refractivity contribution in [3.63, 3.8) is 0 Å². The fourth-order valence-corrected chi connectivity index (χ4v) is 2.31. The Morgan fingerprint density at radius 3 is 2.96 bits per heavy atom. The van der Waals surface area contributed by atoms with Gasteiger partial charge in [0.1, 0.15) is 18.1 Å². The largest absolute Gasteiger partial charge is 0.484 e. The Labute approximate surface area is 149 Å². The molecular formula is C17H16N4O3S. The molecule has 2 heterocycles. The van der Waals surface area contributed by atoms with Crippen molar-refractivity contribution in [2.45, 2.75) is 20.1 Å². The van der Waals surface area contributed by atoms with Crippen LogP contribution in [-0.2, 0) is 17.9 Å². The topological polar surface area (TPSA) is 82.2 Å². The molecule has 0 spiro atoms. The fraction of sp³-hybridized carbons (Fsp3) is 0.176. The summed E-state index contributed by atoms with van der Waals surface area (Å²) in [6.07, 6.45) is 1.60. The molecule has 0 bridgehead atoms. The summed E-state index contributed by atoms with van der Waals surface area (Å²) in [5.41, 5.74) is 1.09. The van der Waals surface area contributed by atoms with Gasteiger partial charge in [-0.25, -0.2) is 9.67 Å². The summed E-state index contributed by atoms with van der Waals surface area (Å²) in [6.45, 7) is 2.04. The van der Waals surface area contributed by atoms with E-state index >= 15 is 0 Å². The van der Waals surface area contributed by atoms with Crippen LogP contribution in [0.15, 0.2) is 53.1 Å². The maximum atomic E-state index is 12.0. The number of anilines is 1. The van der Waals surface area contributed by atoms with E-state index in [-0.39, 0.29) is 23.9 Å². The molecule has 7 nitrogen and oxygen atoms in total. The lowest BCUT2D eigenvalue weighted by atomic mass is 10.2. The van der Waals surface area contributed by atoms with Gasteiger partial charge in [-0.05, 0) is 49.0 Å². The van der Waals surface area contributed by atoms with E-state index in [1.165, 1.54) is 4.68 Å². The number of ether oxygens (including phenoxy) is 1. The van der Waals surface area contributed by atoms with Crippen molar-refractivity contribution in [2.75, 3.05) is 5.32 Å². The van der Waals surface area contributed by atoms with Crippen LogP contribution in [0.3, 0.4) is 0 Å². The molecule has 0 fully saturated rings. The van der Waals surface area contributed by atoms with Crippen molar-refractivity contribution in [3.05, 3.63) is 65.0 Å². The SMILES string of the molecule is Cc1cccc(OCc2nn(CC(=O)Nc3ccccn3)c(=S)o2)c1. The Bertz CT molecular complexity index is 921. The highest BCUT2D eigenvalue weighted by Crippen LogP contribution is 2.14. The van der Waals surface area contributed by atoms with Gasteiger partial charge in [-0.3, -0.25) is 4.79 Å². The van der Waals surface area contributed by atoms with Crippen LogP contribution in [-0.4, -0.2) is 20.7 Å². The Balaban J connectivity index is 1.60. The predicted octanol–water partition coefficient (Wildman–Crippen LogP) is 3.13. The Morgan fingerprint density at radius 1 is 1.32 bits per heavy atom. The van der Waals surface area contributed by atoms with E-state index in [0.29, 0.717) is 17.5 Å². The van der Waals surface area contributed by atoms with Gasteiger partial charge in [0.05, 0.1) is 0 Å². The third kappa shape index (κ3) is 4.74. The number of carbonyl (C=O) groups is 1. The number of amides is 1. The van der Waals surface area contributed by atoms with Gasteiger partial charge in [0.25, 0.3) is 10.7 Å². The zero-order chi connectivity index (χ0) is 17.6. The van der Waals surface area contributed by atoms with Gasteiger partial charge in [-0.1, -0.05) is 18.2 Å². The number of nitrogens with zero attached hydrogens (tertiary/aromatic N) is 3. The Hall–Kier alpha value is -3.00. The minimum Gasteiger partial charge on any atom is -0.484 e. The third-order valence-electron chi connectivity index (χ3n) is 3.23. The van der Waals surface area contributed by atoms with Crippen molar-refractivity contribution in [1.82, 2.24) is 14.8 Å². The van der Waals surface area contributed by atoms with Crippen LogP contribution < -0.4 is 10.1 Å². The van der Waals surface area contributed by atoms with Crippen molar-refractivity contribution in [3.8, 4) is 5.75 Å². The summed E-state index contributed by atoms with van der Waals surface area (Å²) in [6, 6.07) is 12.9. The van der Waals surface area contributed by atoms with Crippen LogP contribution in [0.2, 0.25) is 0 Å². The van der Waals surface area contributed by atoms with Crippen LogP contribution in [0.4, 0.5) is 5.82 Å². The molecule has 0 aliphatic rings. The van der Waals surface area contributed by atoms with E-state index in [0.717, 1.165) is 5.56 Å². The molecule has 0 atom stereocenters. The number of benzene rings is 1. The number of hydrogen-bond acceptors (Lipinski definition) is 6. The van der Waals surface area contributed by atoms with Gasteiger partial charge in [0, 0.05) is 6.20 Å². The normalized spacial score (nSPS) is 10.4. The molecule has 0 saturated carbocycles. The first-order valence-electron chi connectivity index (χ1n) is 7.57. The van der Waals surface area contributed by atoms with Crippen LogP contribution in [0.1, 0.15) is 11.5 Å². The van der Waals surface area contributed by atoms with Gasteiger partial charge in [-0.2, -0.15) is 0 Å². The summed E-state index contributed by atoms with van der Waals surface area (Å²) in [5, 5.41) is 6.83. The second-order valence-electron chi connectivity index (χ2n) is 5.29. The van der Waals surface area contributed by atoms with E-state index in [1.807, 2.05) is 31.2 Å². The molecule has 3 aromatic rings. The zero-order valence-electron chi connectivity index (χ0n) is 13.5. The highest BCUT2D eigenvalue weighted by molar-refractivity contribution is 7.71. The lowest BCUT2D eigenvalue weighted by Gasteiger charge is -2.04. The van der Waals surface area contributed by atoms with Crippen molar-refractivity contribution in [2.24, 2.45) is 0 Å². The first-order valence-corrected chi connectivity index (χ1v) is 7.98. The molecule has 0 radical (unpaired) electrons. The second-order valence-corrected chi connectivity index (χ2v) is 5.64. The summed E-state index contributed by atoms with van der Waals surface area (Å²) >= 11 is 5.09. The maximum absolute atomic E-state index is 12.0. The molecule has 1 aromatic carbocycles. The van der Waals surface area contributed by atoms with Gasteiger partial charge in [-0.15, -0.1) is 5.10 Å². The summed E-state index contributed by atoms with van der Waals surface area (Å²) in [7, 11) is 0. The molecule has 1 amide bonds. The Kier molecular flexibility index (Phi) is 5.20. The van der Waals surface area contributed by atoms with Crippen LogP contribution in [0.5, 0.6) is 5.75 Å². The minimum atomic E-state index is -0.297. The van der Waals surface area contributed by atoms with Crippen molar-refractivity contribution in [1.29, 1.82) is 0 Å². The number of carbonyl (C=O) groups excluding carboxylic acids is 1. The van der Waals surface area contributed by atoms with E-state index in [4.69, 9.17) is 21.4 Å². The standard InChI is InChI=1S/C17H16N4O3S/c1-12-5-4-6-13(9-12)23-11-16-20-21(17(25)24-16)10-15(22)19-14-7-2-3-8-18-14/h2-9H,10-11H2,1H3,(H,18,19,22). The van der Waals surface area contributed by atoms with E-state index in [9.17, 15) is 4.79 Å². The number of aryl methyl sites for hydroxylation is 1. The lowest BCUT2D eigenvalue weighted by molar-refractivity contribution is -0.117. The fourth-order valence-electron chi connectivity index (χ4n) is 2.11. The lowest BCUT2D eigenvalue weighted by Crippen LogP contribution is -2.20. The van der Waals surface area contributed by atoms with E-state index < -0.39 is 0 Å². The minimum absolute atomic E-state index is 0.0661. The first-order chi connectivity index (χ1) is 12.1. The van der Waals surface area contributed by atoms with Gasteiger partial charge in [0.15, 0.2) is 6.61 Å². The Morgan fingerprint density at radius 2 is 2.20 bits per heavy atom. The van der Waals surface area contributed by atoms with Crippen molar-refractivity contribution < 1.29 is 13.9 Å². The smallest absolute Gasteiger partial charge is 0.287 e. The average Bonchev–Trinajstić information content (AvgIpc) is 2.94. The maximum Gasteiger partial charge on any atom is 0.287 e. The van der Waals surface area contributed by atoms with E-state index in [2.05, 4.69) is 15.4 Å². The molecule has 3 rings (SSSR count). The van der Waals surface area contributed by atoms with Crippen LogP contribution in [0.25, 0.3) is 0 Å². The summed E-state index contributed by atoms with van der Waals surface area (Å²) < 4.78 is 12.3. The molecule has 1 N–H and O–H groups in total. The molecule has 0 aliphatic carbocycles. The molecular weight excluding hydrogens is 340 g/mol. The molecule has 0 saturated heterocycles. The van der Waals surface area contributed by atoms with Gasteiger partial charge < -0.3 is 14.5 Å². The quantitative estimate of drug-likeness (QED) is 0.683. The van der Waals surface area contributed by atoms with Gasteiger partial charge >= 0.3 is 0 Å². The molecule has 0 aliphatic heterocycles. The number of pyridine rings is 1. The number of rotatable bonds is 6.